The second-order valence-electron chi connectivity index (χ2n) is 10.0. The minimum absolute atomic E-state index is 0.156. The standard InChI is InChI=1S/C29H49ClNO6P/c1-2-3-4-5-6-7-8-9-10-11-12-13-14-15-16-17-20-35-24-28(25-37-38(32,33)34)36-23-26-18-19-27(22-31)29(30)21-26/h18-19,21,28H,2-17,20,23-25H2,1H3,(H2,32,33,34). The number of phosphoric acid groups is 1. The summed E-state index contributed by atoms with van der Waals surface area (Å²) in [7, 11) is -4.60. The molecule has 9 heteroatoms. The van der Waals surface area contributed by atoms with Gasteiger partial charge in [0.2, 0.25) is 0 Å². The van der Waals surface area contributed by atoms with Crippen LogP contribution in [0.3, 0.4) is 0 Å². The summed E-state index contributed by atoms with van der Waals surface area (Å²) < 4.78 is 27.2. The second-order valence-corrected chi connectivity index (χ2v) is 11.7. The molecule has 1 aromatic carbocycles. The topological polar surface area (TPSA) is 109 Å². The summed E-state index contributed by atoms with van der Waals surface area (Å²) in [6.07, 6.45) is 20.3. The van der Waals surface area contributed by atoms with Crippen LogP contribution >= 0.6 is 19.4 Å². The van der Waals surface area contributed by atoms with Gasteiger partial charge in [-0.2, -0.15) is 5.26 Å². The molecule has 0 spiro atoms. The maximum Gasteiger partial charge on any atom is 0.469 e. The molecule has 2 N–H and O–H groups in total. The Morgan fingerprint density at radius 1 is 0.868 bits per heavy atom. The van der Waals surface area contributed by atoms with E-state index < -0.39 is 13.9 Å². The van der Waals surface area contributed by atoms with Crippen LogP contribution in [0.25, 0.3) is 0 Å². The number of ether oxygens (including phenoxy) is 2. The molecule has 0 fully saturated rings. The first-order valence-electron chi connectivity index (χ1n) is 14.4. The highest BCUT2D eigenvalue weighted by Gasteiger charge is 2.19. The van der Waals surface area contributed by atoms with E-state index in [1.165, 1.54) is 89.9 Å². The molecule has 1 atom stereocenters. The van der Waals surface area contributed by atoms with E-state index in [1.54, 1.807) is 18.2 Å². The summed E-state index contributed by atoms with van der Waals surface area (Å²) in [4.78, 5) is 18.0. The fourth-order valence-corrected chi connectivity index (χ4v) is 4.85. The highest BCUT2D eigenvalue weighted by molar-refractivity contribution is 7.46. The second kappa shape index (κ2) is 22.8. The van der Waals surface area contributed by atoms with Gasteiger partial charge < -0.3 is 19.3 Å². The van der Waals surface area contributed by atoms with E-state index >= 15 is 0 Å². The number of phosphoric ester groups is 1. The molecule has 0 saturated carbocycles. The molecule has 0 amide bonds. The molecule has 1 aromatic rings. The summed E-state index contributed by atoms with van der Waals surface area (Å²) in [5, 5.41) is 9.31. The molecule has 0 bridgehead atoms. The first-order valence-corrected chi connectivity index (χ1v) is 16.3. The van der Waals surface area contributed by atoms with Gasteiger partial charge in [0, 0.05) is 6.61 Å². The van der Waals surface area contributed by atoms with E-state index in [-0.39, 0.29) is 19.8 Å². The van der Waals surface area contributed by atoms with E-state index in [2.05, 4.69) is 11.4 Å². The Bertz CT molecular complexity index is 813. The summed E-state index contributed by atoms with van der Waals surface area (Å²) in [6, 6.07) is 6.97. The molecule has 38 heavy (non-hydrogen) atoms. The lowest BCUT2D eigenvalue weighted by molar-refractivity contribution is -0.0493. The van der Waals surface area contributed by atoms with Crippen molar-refractivity contribution in [3.63, 3.8) is 0 Å². The van der Waals surface area contributed by atoms with Crippen molar-refractivity contribution in [3.8, 4) is 6.07 Å². The van der Waals surface area contributed by atoms with Crippen molar-refractivity contribution >= 4 is 19.4 Å². The molecule has 0 aliphatic rings. The van der Waals surface area contributed by atoms with Crippen LogP contribution in [0.2, 0.25) is 5.02 Å². The van der Waals surface area contributed by atoms with Gasteiger partial charge in [-0.1, -0.05) is 121 Å². The summed E-state index contributed by atoms with van der Waals surface area (Å²) >= 11 is 6.05. The summed E-state index contributed by atoms with van der Waals surface area (Å²) in [5.41, 5.74) is 1.12. The summed E-state index contributed by atoms with van der Waals surface area (Å²) in [6.45, 7) is 2.87. The monoisotopic (exact) mass is 573 g/mol. The van der Waals surface area contributed by atoms with E-state index in [9.17, 15) is 4.57 Å². The van der Waals surface area contributed by atoms with E-state index in [0.29, 0.717) is 17.2 Å². The van der Waals surface area contributed by atoms with Crippen molar-refractivity contribution in [1.82, 2.24) is 0 Å². The Morgan fingerprint density at radius 2 is 1.39 bits per heavy atom. The maximum absolute atomic E-state index is 11.1. The molecular weight excluding hydrogens is 525 g/mol. The van der Waals surface area contributed by atoms with Gasteiger partial charge >= 0.3 is 7.82 Å². The number of unbranched alkanes of at least 4 members (excludes halogenated alkanes) is 15. The molecule has 0 aromatic heterocycles. The predicted octanol–water partition coefficient (Wildman–Crippen LogP) is 8.48. The highest BCUT2D eigenvalue weighted by atomic mass is 35.5. The Hall–Kier alpha value is -0.970. The van der Waals surface area contributed by atoms with Crippen molar-refractivity contribution in [2.75, 3.05) is 19.8 Å². The Labute approximate surface area is 235 Å². The fraction of sp³-hybridized carbons (Fsp3) is 0.759. The van der Waals surface area contributed by atoms with Crippen LogP contribution in [0.4, 0.5) is 0 Å². The number of benzene rings is 1. The minimum Gasteiger partial charge on any atom is -0.379 e. The van der Waals surface area contributed by atoms with Crippen LogP contribution in [0.15, 0.2) is 18.2 Å². The normalized spacial score (nSPS) is 12.5. The molecule has 0 radical (unpaired) electrons. The zero-order valence-corrected chi connectivity index (χ0v) is 24.9. The van der Waals surface area contributed by atoms with Crippen molar-refractivity contribution in [2.24, 2.45) is 0 Å². The quantitative estimate of drug-likeness (QED) is 0.0891. The minimum atomic E-state index is -4.60. The van der Waals surface area contributed by atoms with Crippen molar-refractivity contribution in [1.29, 1.82) is 5.26 Å². The fourth-order valence-electron chi connectivity index (χ4n) is 4.24. The molecule has 218 valence electrons. The Kier molecular flexibility index (Phi) is 21.0. The van der Waals surface area contributed by atoms with Crippen LogP contribution < -0.4 is 0 Å². The highest BCUT2D eigenvalue weighted by Crippen LogP contribution is 2.36. The number of rotatable bonds is 25. The van der Waals surface area contributed by atoms with E-state index in [4.69, 9.17) is 36.1 Å². The molecule has 0 saturated heterocycles. The van der Waals surface area contributed by atoms with Gasteiger partial charge in [0.25, 0.3) is 0 Å². The predicted molar refractivity (Wildman–Crippen MR) is 153 cm³/mol. The van der Waals surface area contributed by atoms with Gasteiger partial charge in [0.1, 0.15) is 12.2 Å². The average Bonchev–Trinajstić information content (AvgIpc) is 2.88. The van der Waals surface area contributed by atoms with E-state index in [0.717, 1.165) is 18.4 Å². The van der Waals surface area contributed by atoms with Gasteiger partial charge in [0.05, 0.1) is 30.4 Å². The van der Waals surface area contributed by atoms with Crippen LogP contribution in [-0.4, -0.2) is 35.7 Å². The van der Waals surface area contributed by atoms with Crippen LogP contribution in [0.1, 0.15) is 121 Å². The lowest BCUT2D eigenvalue weighted by atomic mass is 10.0. The number of hydrogen-bond acceptors (Lipinski definition) is 5. The average molecular weight is 574 g/mol. The van der Waals surface area contributed by atoms with E-state index in [1.807, 2.05) is 6.07 Å². The zero-order valence-electron chi connectivity index (χ0n) is 23.3. The molecule has 0 aliphatic carbocycles. The maximum atomic E-state index is 11.1. The largest absolute Gasteiger partial charge is 0.469 e. The lowest BCUT2D eigenvalue weighted by Gasteiger charge is -2.19. The van der Waals surface area contributed by atoms with Gasteiger partial charge in [0.15, 0.2) is 0 Å². The SMILES string of the molecule is CCCCCCCCCCCCCCCCCCOCC(COP(=O)(O)O)OCc1ccc(C#N)c(Cl)c1. The molecule has 0 heterocycles. The van der Waals surface area contributed by atoms with Crippen LogP contribution in [0, 0.1) is 11.3 Å². The van der Waals surface area contributed by atoms with Crippen LogP contribution in [0.5, 0.6) is 0 Å². The Morgan fingerprint density at radius 3 is 1.87 bits per heavy atom. The number of hydrogen-bond donors (Lipinski definition) is 2. The molecule has 1 rings (SSSR count). The number of nitriles is 1. The van der Waals surface area contributed by atoms with Gasteiger partial charge in [-0.15, -0.1) is 0 Å². The number of halogens is 1. The smallest absolute Gasteiger partial charge is 0.379 e. The molecule has 1 unspecified atom stereocenters. The first-order chi connectivity index (χ1) is 18.4. The van der Waals surface area contributed by atoms with Crippen molar-refractivity contribution < 1.29 is 28.3 Å². The molecule has 0 aliphatic heterocycles. The zero-order chi connectivity index (χ0) is 27.9. The van der Waals surface area contributed by atoms with Crippen LogP contribution in [-0.2, 0) is 25.2 Å². The van der Waals surface area contributed by atoms with Gasteiger partial charge in [-0.25, -0.2) is 4.57 Å². The molecular formula is C29H49ClNO6P. The molecule has 7 nitrogen and oxygen atoms in total. The van der Waals surface area contributed by atoms with Gasteiger partial charge in [-0.3, -0.25) is 4.52 Å². The number of nitrogens with zero attached hydrogens (tertiary/aromatic N) is 1. The van der Waals surface area contributed by atoms with Crippen molar-refractivity contribution in [3.05, 3.63) is 34.3 Å². The van der Waals surface area contributed by atoms with Gasteiger partial charge in [-0.05, 0) is 24.1 Å². The lowest BCUT2D eigenvalue weighted by Crippen LogP contribution is -2.25. The van der Waals surface area contributed by atoms with Crippen molar-refractivity contribution in [2.45, 2.75) is 122 Å². The third-order valence-electron chi connectivity index (χ3n) is 6.51. The first kappa shape index (κ1) is 35.1. The third kappa shape index (κ3) is 20.0. The summed E-state index contributed by atoms with van der Waals surface area (Å²) in [5.74, 6) is 0. The third-order valence-corrected chi connectivity index (χ3v) is 7.31. The Balaban J connectivity index is 2.08.